The molecule has 0 saturated carbocycles. The minimum atomic E-state index is -0.0629. The maximum atomic E-state index is 13.0. The van der Waals surface area contributed by atoms with E-state index in [1.165, 1.54) is 22.4 Å². The van der Waals surface area contributed by atoms with Crippen LogP contribution >= 0.6 is 11.3 Å². The number of aromatic nitrogens is 2. The summed E-state index contributed by atoms with van der Waals surface area (Å²) in [6.45, 7) is 7.66. The molecule has 0 saturated heterocycles. The van der Waals surface area contributed by atoms with Gasteiger partial charge >= 0.3 is 0 Å². The van der Waals surface area contributed by atoms with E-state index >= 15 is 0 Å². The number of nitrogens with one attached hydrogen (secondary N) is 1. The van der Waals surface area contributed by atoms with Crippen molar-refractivity contribution in [2.45, 2.75) is 58.8 Å². The fourth-order valence-electron chi connectivity index (χ4n) is 4.78. The highest BCUT2D eigenvalue weighted by Crippen LogP contribution is 2.36. The van der Waals surface area contributed by atoms with E-state index < -0.39 is 0 Å². The van der Waals surface area contributed by atoms with Crippen molar-refractivity contribution in [3.05, 3.63) is 68.8 Å². The van der Waals surface area contributed by atoms with Gasteiger partial charge in [-0.3, -0.25) is 4.79 Å². The summed E-state index contributed by atoms with van der Waals surface area (Å²) in [4.78, 5) is 22.9. The molecule has 7 heteroatoms. The van der Waals surface area contributed by atoms with Gasteiger partial charge in [0.15, 0.2) is 11.5 Å². The molecule has 194 valence electrons. The minimum absolute atomic E-state index is 0.0629. The number of rotatable bonds is 10. The Hall–Kier alpha value is -3.32. The third kappa shape index (κ3) is 5.52. The zero-order chi connectivity index (χ0) is 25.8. The molecular formula is C30H34N2O4S. The molecule has 1 N–H and O–H groups in total. The van der Waals surface area contributed by atoms with E-state index in [2.05, 4.69) is 31.0 Å². The lowest BCUT2D eigenvalue weighted by Crippen LogP contribution is -2.11. The Morgan fingerprint density at radius 3 is 2.54 bits per heavy atom. The van der Waals surface area contributed by atoms with Gasteiger partial charge in [-0.1, -0.05) is 26.0 Å². The molecule has 1 atom stereocenters. The number of aryl methyl sites for hydroxylation is 2. The van der Waals surface area contributed by atoms with Crippen LogP contribution in [0.3, 0.4) is 0 Å². The normalized spacial score (nSPS) is 13.8. The van der Waals surface area contributed by atoms with E-state index in [-0.39, 0.29) is 5.56 Å². The molecule has 37 heavy (non-hydrogen) atoms. The predicted octanol–water partition coefficient (Wildman–Crippen LogP) is 6.90. The molecule has 0 radical (unpaired) electrons. The lowest BCUT2D eigenvalue weighted by molar-refractivity contribution is 0.208. The number of nitrogens with zero attached hydrogens (tertiary/aromatic N) is 1. The van der Waals surface area contributed by atoms with Crippen LogP contribution in [0.1, 0.15) is 62.0 Å². The molecule has 2 heterocycles. The van der Waals surface area contributed by atoms with Crippen molar-refractivity contribution < 1.29 is 14.2 Å². The first-order valence-electron chi connectivity index (χ1n) is 13.2. The van der Waals surface area contributed by atoms with Gasteiger partial charge in [-0.25, -0.2) is 4.98 Å². The van der Waals surface area contributed by atoms with E-state index in [0.717, 1.165) is 47.2 Å². The van der Waals surface area contributed by atoms with E-state index in [4.69, 9.17) is 19.2 Å². The van der Waals surface area contributed by atoms with Gasteiger partial charge < -0.3 is 19.2 Å². The number of thiophene rings is 1. The molecule has 6 nitrogen and oxygen atoms in total. The van der Waals surface area contributed by atoms with Crippen molar-refractivity contribution in [3.8, 4) is 28.6 Å². The Morgan fingerprint density at radius 2 is 1.76 bits per heavy atom. The molecule has 5 rings (SSSR count). The summed E-state index contributed by atoms with van der Waals surface area (Å²) in [5.41, 5.74) is 3.24. The number of ether oxygens (including phenoxy) is 3. The molecule has 4 aromatic rings. The van der Waals surface area contributed by atoms with Gasteiger partial charge in [0.05, 0.1) is 12.0 Å². The van der Waals surface area contributed by atoms with Gasteiger partial charge in [0.1, 0.15) is 29.6 Å². The summed E-state index contributed by atoms with van der Waals surface area (Å²) in [7, 11) is 0. The predicted molar refractivity (Wildman–Crippen MR) is 150 cm³/mol. The van der Waals surface area contributed by atoms with Gasteiger partial charge in [-0.2, -0.15) is 0 Å². The van der Waals surface area contributed by atoms with Gasteiger partial charge in [-0.15, -0.1) is 11.3 Å². The monoisotopic (exact) mass is 518 g/mol. The van der Waals surface area contributed by atoms with E-state index in [0.29, 0.717) is 43.1 Å². The second-order valence-corrected chi connectivity index (χ2v) is 10.6. The zero-order valence-corrected chi connectivity index (χ0v) is 22.6. The van der Waals surface area contributed by atoms with Crippen LogP contribution in [0.25, 0.3) is 21.6 Å². The lowest BCUT2D eigenvalue weighted by Gasteiger charge is -2.14. The van der Waals surface area contributed by atoms with Crippen LogP contribution in [0.2, 0.25) is 0 Å². The molecule has 1 aliphatic carbocycles. The Kier molecular flexibility index (Phi) is 7.79. The lowest BCUT2D eigenvalue weighted by atomic mass is 9.97. The standard InChI is InChI=1S/C30H34N2O4S/c1-4-19(3)20-10-13-22(14-11-20)35-16-17-36-24-15-12-21(18-25(24)34-5-2)28-31-29(33)27-23-8-6-7-9-26(23)37-30(27)32-28/h10-15,18-19H,4-9,16-17H2,1-3H3,(H,31,32,33). The first kappa shape index (κ1) is 25.3. The van der Waals surface area contributed by atoms with E-state index in [1.54, 1.807) is 11.3 Å². The van der Waals surface area contributed by atoms with Crippen LogP contribution in [0, 0.1) is 0 Å². The minimum Gasteiger partial charge on any atom is -0.490 e. The number of aromatic amines is 1. The Labute approximate surface area is 221 Å². The van der Waals surface area contributed by atoms with E-state index in [1.807, 2.05) is 37.3 Å². The van der Waals surface area contributed by atoms with Crippen LogP contribution in [-0.4, -0.2) is 29.8 Å². The zero-order valence-electron chi connectivity index (χ0n) is 21.8. The first-order valence-corrected chi connectivity index (χ1v) is 14.1. The molecule has 1 unspecified atom stereocenters. The first-order chi connectivity index (χ1) is 18.1. The van der Waals surface area contributed by atoms with Crippen molar-refractivity contribution in [2.24, 2.45) is 0 Å². The molecule has 0 aliphatic heterocycles. The van der Waals surface area contributed by atoms with Gasteiger partial charge in [0.25, 0.3) is 5.56 Å². The van der Waals surface area contributed by atoms with Gasteiger partial charge in [0.2, 0.25) is 0 Å². The number of benzene rings is 2. The number of fused-ring (bicyclic) bond motifs is 3. The summed E-state index contributed by atoms with van der Waals surface area (Å²) < 4.78 is 17.7. The molecule has 0 fully saturated rings. The van der Waals surface area contributed by atoms with Crippen LogP contribution in [0.5, 0.6) is 17.2 Å². The number of hydrogen-bond acceptors (Lipinski definition) is 6. The van der Waals surface area contributed by atoms with Crippen LogP contribution in [0.4, 0.5) is 0 Å². The fraction of sp³-hybridized carbons (Fsp3) is 0.400. The second-order valence-electron chi connectivity index (χ2n) is 9.48. The fourth-order valence-corrected chi connectivity index (χ4v) is 6.04. The van der Waals surface area contributed by atoms with Crippen molar-refractivity contribution >= 4 is 21.6 Å². The van der Waals surface area contributed by atoms with Crippen molar-refractivity contribution in [2.75, 3.05) is 19.8 Å². The Morgan fingerprint density at radius 1 is 0.973 bits per heavy atom. The largest absolute Gasteiger partial charge is 0.490 e. The maximum Gasteiger partial charge on any atom is 0.260 e. The highest BCUT2D eigenvalue weighted by molar-refractivity contribution is 7.18. The SMILES string of the molecule is CCOc1cc(-c2nc3sc4c(c3c(=O)[nH]2)CCCC4)ccc1OCCOc1ccc(C(C)CC)cc1. The Balaban J connectivity index is 1.28. The highest BCUT2D eigenvalue weighted by atomic mass is 32.1. The van der Waals surface area contributed by atoms with Gasteiger partial charge in [0, 0.05) is 10.4 Å². The smallest absolute Gasteiger partial charge is 0.260 e. The van der Waals surface area contributed by atoms with Crippen molar-refractivity contribution in [1.29, 1.82) is 0 Å². The quantitative estimate of drug-likeness (QED) is 0.231. The van der Waals surface area contributed by atoms with Crippen molar-refractivity contribution in [1.82, 2.24) is 9.97 Å². The molecule has 1 aliphatic rings. The summed E-state index contributed by atoms with van der Waals surface area (Å²) >= 11 is 1.65. The van der Waals surface area contributed by atoms with Crippen molar-refractivity contribution in [3.63, 3.8) is 0 Å². The summed E-state index contributed by atoms with van der Waals surface area (Å²) in [6.07, 6.45) is 5.44. The van der Waals surface area contributed by atoms with Crippen LogP contribution < -0.4 is 19.8 Å². The molecule has 0 amide bonds. The topological polar surface area (TPSA) is 73.4 Å². The second kappa shape index (κ2) is 11.4. The number of hydrogen-bond donors (Lipinski definition) is 1. The number of H-pyrrole nitrogens is 1. The molecule has 0 bridgehead atoms. The Bertz CT molecular complexity index is 1420. The molecule has 2 aromatic carbocycles. The third-order valence-electron chi connectivity index (χ3n) is 7.01. The molecule has 2 aromatic heterocycles. The van der Waals surface area contributed by atoms with E-state index in [9.17, 15) is 4.79 Å². The average molecular weight is 519 g/mol. The summed E-state index contributed by atoms with van der Waals surface area (Å²) in [5.74, 6) is 3.18. The average Bonchev–Trinajstić information content (AvgIpc) is 3.31. The highest BCUT2D eigenvalue weighted by Gasteiger charge is 2.20. The summed E-state index contributed by atoms with van der Waals surface area (Å²) in [6, 6.07) is 13.9. The molecular weight excluding hydrogens is 484 g/mol. The van der Waals surface area contributed by atoms with Gasteiger partial charge in [-0.05, 0) is 86.4 Å². The summed E-state index contributed by atoms with van der Waals surface area (Å²) in [5, 5.41) is 0.767. The maximum absolute atomic E-state index is 13.0. The van der Waals surface area contributed by atoms with Crippen LogP contribution in [0.15, 0.2) is 47.3 Å². The molecule has 0 spiro atoms. The third-order valence-corrected chi connectivity index (χ3v) is 8.20. The van der Waals surface area contributed by atoms with Crippen LogP contribution in [-0.2, 0) is 12.8 Å².